The number of para-hydroxylation sites is 1. The number of hydrogen-bond acceptors (Lipinski definition) is 4. The molecule has 34 heavy (non-hydrogen) atoms. The van der Waals surface area contributed by atoms with E-state index in [-0.39, 0.29) is 10.9 Å². The summed E-state index contributed by atoms with van der Waals surface area (Å²) in [5, 5.41) is 7.80. The molecule has 0 fully saturated rings. The molecule has 0 aliphatic carbocycles. The maximum absolute atomic E-state index is 12.4. The molecule has 2 aromatic carbocycles. The summed E-state index contributed by atoms with van der Waals surface area (Å²) in [6.07, 6.45) is 4.13. The largest absolute Gasteiger partial charge is 0.413 e. The van der Waals surface area contributed by atoms with Crippen molar-refractivity contribution < 1.29 is 9.22 Å². The molecule has 1 amide bonds. The van der Waals surface area contributed by atoms with Gasteiger partial charge in [0.15, 0.2) is 8.32 Å². The summed E-state index contributed by atoms with van der Waals surface area (Å²) in [5.74, 6) is 0.0214. The average Bonchev–Trinajstić information content (AvgIpc) is 2.80. The zero-order chi connectivity index (χ0) is 24.8. The maximum Gasteiger partial charge on any atom is 0.224 e. The molecule has 0 radical (unpaired) electrons. The summed E-state index contributed by atoms with van der Waals surface area (Å²) in [5.41, 5.74) is 4.88. The Labute approximate surface area is 205 Å². The zero-order valence-electron chi connectivity index (χ0n) is 21.5. The lowest BCUT2D eigenvalue weighted by atomic mass is 10.1. The highest BCUT2D eigenvalue weighted by Gasteiger charge is 2.36. The fourth-order valence-corrected chi connectivity index (χ4v) is 4.36. The maximum atomic E-state index is 12.4. The number of aromatic nitrogens is 1. The average molecular weight is 478 g/mol. The van der Waals surface area contributed by atoms with Gasteiger partial charge < -0.3 is 15.1 Å². The molecule has 0 unspecified atom stereocenters. The van der Waals surface area contributed by atoms with Gasteiger partial charge in [0.2, 0.25) is 5.91 Å². The fourth-order valence-electron chi connectivity index (χ4n) is 3.40. The monoisotopic (exact) mass is 477 g/mol. The van der Waals surface area contributed by atoms with Gasteiger partial charge in [0.25, 0.3) is 0 Å². The summed E-state index contributed by atoms with van der Waals surface area (Å²) in [7, 11) is -1.77. The Bertz CT molecular complexity index is 1100. The SMILES string of the molecule is CCCCC(=O)Nc1cnc2ccccc2c1NCc1ccc(CO[Si](C)(C)C(C)(C)C)cc1. The van der Waals surface area contributed by atoms with Crippen LogP contribution in [0.15, 0.2) is 54.7 Å². The van der Waals surface area contributed by atoms with E-state index < -0.39 is 8.32 Å². The first-order chi connectivity index (χ1) is 16.1. The molecule has 1 aromatic heterocycles. The molecule has 0 aliphatic heterocycles. The van der Waals surface area contributed by atoms with Crippen LogP contribution in [0.2, 0.25) is 18.1 Å². The van der Waals surface area contributed by atoms with E-state index in [4.69, 9.17) is 4.43 Å². The van der Waals surface area contributed by atoms with Crippen molar-refractivity contribution in [3.63, 3.8) is 0 Å². The molecule has 1 heterocycles. The minimum absolute atomic E-state index is 0.0214. The smallest absolute Gasteiger partial charge is 0.224 e. The van der Waals surface area contributed by atoms with Crippen molar-refractivity contribution in [3.8, 4) is 0 Å². The van der Waals surface area contributed by atoms with Crippen LogP contribution in [0.5, 0.6) is 0 Å². The van der Waals surface area contributed by atoms with Gasteiger partial charge in [-0.25, -0.2) is 0 Å². The van der Waals surface area contributed by atoms with E-state index in [2.05, 4.69) is 80.7 Å². The summed E-state index contributed by atoms with van der Waals surface area (Å²) in [6.45, 7) is 14.7. The third-order valence-electron chi connectivity index (χ3n) is 6.71. The molecule has 0 saturated carbocycles. The second kappa shape index (κ2) is 11.1. The molecular weight excluding hydrogens is 438 g/mol. The number of pyridine rings is 1. The Hall–Kier alpha value is -2.70. The molecule has 5 nitrogen and oxygen atoms in total. The van der Waals surface area contributed by atoms with E-state index in [0.717, 1.165) is 35.1 Å². The summed E-state index contributed by atoms with van der Waals surface area (Å²) < 4.78 is 6.35. The van der Waals surface area contributed by atoms with Crippen molar-refractivity contribution in [2.75, 3.05) is 10.6 Å². The van der Waals surface area contributed by atoms with E-state index in [1.807, 2.05) is 24.3 Å². The summed E-state index contributed by atoms with van der Waals surface area (Å²) >= 11 is 0. The summed E-state index contributed by atoms with van der Waals surface area (Å²) in [6, 6.07) is 16.6. The molecule has 0 aliphatic rings. The van der Waals surface area contributed by atoms with Crippen molar-refractivity contribution >= 4 is 36.5 Å². The van der Waals surface area contributed by atoms with Crippen LogP contribution in [0.4, 0.5) is 11.4 Å². The quantitative estimate of drug-likeness (QED) is 0.297. The predicted octanol–water partition coefficient (Wildman–Crippen LogP) is 7.50. The lowest BCUT2D eigenvalue weighted by Gasteiger charge is -2.36. The van der Waals surface area contributed by atoms with Gasteiger partial charge in [0.05, 0.1) is 29.7 Å². The number of anilines is 2. The highest BCUT2D eigenvalue weighted by molar-refractivity contribution is 6.74. The molecule has 6 heteroatoms. The lowest BCUT2D eigenvalue weighted by molar-refractivity contribution is -0.116. The number of unbranched alkanes of at least 4 members (excludes halogenated alkanes) is 1. The Morgan fingerprint density at radius 2 is 1.71 bits per heavy atom. The molecule has 0 bridgehead atoms. The molecule has 3 rings (SSSR count). The van der Waals surface area contributed by atoms with Crippen LogP contribution in [0, 0.1) is 0 Å². The predicted molar refractivity (Wildman–Crippen MR) is 146 cm³/mol. The van der Waals surface area contributed by atoms with Crippen molar-refractivity contribution in [2.45, 2.75) is 78.2 Å². The lowest BCUT2D eigenvalue weighted by Crippen LogP contribution is -2.40. The molecule has 3 aromatic rings. The summed E-state index contributed by atoms with van der Waals surface area (Å²) in [4.78, 5) is 16.9. The van der Waals surface area contributed by atoms with Gasteiger partial charge >= 0.3 is 0 Å². The van der Waals surface area contributed by atoms with Gasteiger partial charge in [-0.3, -0.25) is 9.78 Å². The molecule has 2 N–H and O–H groups in total. The molecule has 0 spiro atoms. The topological polar surface area (TPSA) is 63.2 Å². The van der Waals surface area contributed by atoms with Gasteiger partial charge in [-0.1, -0.05) is 76.6 Å². The standard InChI is InChI=1S/C28H39N3O2Si/c1-7-8-13-26(32)31-25-19-29-24-12-10-9-11-23(24)27(25)30-18-21-14-16-22(17-15-21)20-33-34(5,6)28(2,3)4/h9-12,14-17,19H,7-8,13,18,20H2,1-6H3,(H,29,30)(H,31,32). The van der Waals surface area contributed by atoms with E-state index in [1.165, 1.54) is 11.1 Å². The molecule has 0 saturated heterocycles. The number of fused-ring (bicyclic) bond motifs is 1. The first-order valence-corrected chi connectivity index (χ1v) is 15.1. The molecule has 182 valence electrons. The Balaban J connectivity index is 1.72. The number of nitrogens with zero attached hydrogens (tertiary/aromatic N) is 1. The van der Waals surface area contributed by atoms with Crippen molar-refractivity contribution in [1.29, 1.82) is 0 Å². The van der Waals surface area contributed by atoms with Crippen LogP contribution in [-0.4, -0.2) is 19.2 Å². The van der Waals surface area contributed by atoms with Gasteiger partial charge in [0, 0.05) is 18.4 Å². The number of nitrogens with one attached hydrogen (secondary N) is 2. The van der Waals surface area contributed by atoms with Crippen LogP contribution in [0.3, 0.4) is 0 Å². The highest BCUT2D eigenvalue weighted by atomic mass is 28.4. The number of rotatable bonds is 10. The van der Waals surface area contributed by atoms with Crippen molar-refractivity contribution in [1.82, 2.24) is 4.98 Å². The van der Waals surface area contributed by atoms with Gasteiger partial charge in [-0.15, -0.1) is 0 Å². The zero-order valence-corrected chi connectivity index (χ0v) is 22.5. The number of benzene rings is 2. The minimum Gasteiger partial charge on any atom is -0.413 e. The van der Waals surface area contributed by atoms with Crippen LogP contribution >= 0.6 is 0 Å². The Kier molecular flexibility index (Phi) is 8.50. The normalized spacial score (nSPS) is 12.1. The van der Waals surface area contributed by atoms with E-state index in [1.54, 1.807) is 6.20 Å². The molecule has 0 atom stereocenters. The van der Waals surface area contributed by atoms with Crippen molar-refractivity contribution in [2.24, 2.45) is 0 Å². The number of amides is 1. The van der Waals surface area contributed by atoms with Gasteiger partial charge in [-0.2, -0.15) is 0 Å². The number of carbonyl (C=O) groups is 1. The van der Waals surface area contributed by atoms with Crippen molar-refractivity contribution in [3.05, 3.63) is 65.9 Å². The van der Waals surface area contributed by atoms with E-state index >= 15 is 0 Å². The van der Waals surface area contributed by atoms with Crippen LogP contribution in [0.1, 0.15) is 58.1 Å². The first-order valence-electron chi connectivity index (χ1n) is 12.2. The number of hydrogen-bond donors (Lipinski definition) is 2. The third kappa shape index (κ3) is 6.67. The van der Waals surface area contributed by atoms with Crippen LogP contribution in [0.25, 0.3) is 10.9 Å². The third-order valence-corrected chi connectivity index (χ3v) is 11.2. The number of carbonyl (C=O) groups excluding carboxylic acids is 1. The minimum atomic E-state index is -1.77. The Morgan fingerprint density at radius 1 is 1.03 bits per heavy atom. The fraction of sp³-hybridized carbons (Fsp3) is 0.429. The second-order valence-corrected chi connectivity index (χ2v) is 15.2. The first kappa shape index (κ1) is 25.9. The van der Waals surface area contributed by atoms with Gasteiger partial charge in [-0.05, 0) is 41.7 Å². The Morgan fingerprint density at radius 3 is 2.38 bits per heavy atom. The molecular formula is C28H39N3O2Si. The van der Waals surface area contributed by atoms with Crippen LogP contribution < -0.4 is 10.6 Å². The van der Waals surface area contributed by atoms with E-state index in [9.17, 15) is 4.79 Å². The second-order valence-electron chi connectivity index (χ2n) is 10.4. The van der Waals surface area contributed by atoms with E-state index in [0.29, 0.717) is 19.6 Å². The highest BCUT2D eigenvalue weighted by Crippen LogP contribution is 2.37. The van der Waals surface area contributed by atoms with Gasteiger partial charge in [0.1, 0.15) is 0 Å². The van der Waals surface area contributed by atoms with Crippen LogP contribution in [-0.2, 0) is 22.4 Å².